The van der Waals surface area contributed by atoms with Gasteiger partial charge >= 0.3 is 0 Å². The molecule has 0 aliphatic heterocycles. The number of carbonyl (C=O) groups excluding carboxylic acids is 1. The predicted molar refractivity (Wildman–Crippen MR) is 57.8 cm³/mol. The van der Waals surface area contributed by atoms with Crippen LogP contribution in [0.25, 0.3) is 0 Å². The molecular formula is C12H16O3. The summed E-state index contributed by atoms with van der Waals surface area (Å²) in [5.74, 6) is 0.748. The molecule has 1 unspecified atom stereocenters. The van der Waals surface area contributed by atoms with Crippen LogP contribution in [0.2, 0.25) is 0 Å². The van der Waals surface area contributed by atoms with Crippen molar-refractivity contribution in [2.75, 3.05) is 0 Å². The molecule has 1 aromatic rings. The normalized spacial score (nSPS) is 12.2. The molecule has 1 rings (SSSR count). The van der Waals surface area contributed by atoms with E-state index in [1.807, 2.05) is 19.1 Å². The molecule has 0 heterocycles. The van der Waals surface area contributed by atoms with E-state index in [0.717, 1.165) is 5.56 Å². The molecule has 0 aliphatic rings. The van der Waals surface area contributed by atoms with Gasteiger partial charge in [-0.15, -0.1) is 0 Å². The molecule has 15 heavy (non-hydrogen) atoms. The van der Waals surface area contributed by atoms with Crippen LogP contribution in [-0.4, -0.2) is 17.0 Å². The minimum Gasteiger partial charge on any atom is -0.490 e. The van der Waals surface area contributed by atoms with Crippen molar-refractivity contribution in [1.82, 2.24) is 0 Å². The summed E-state index contributed by atoms with van der Waals surface area (Å²) < 4.78 is 5.57. The first-order valence-corrected chi connectivity index (χ1v) is 4.98. The summed E-state index contributed by atoms with van der Waals surface area (Å²) in [6.07, 6.45) is 0.231. The number of carbonyl (C=O) groups is 1. The number of ether oxygens (including phenoxy) is 1. The fourth-order valence-electron chi connectivity index (χ4n) is 1.41. The van der Waals surface area contributed by atoms with Gasteiger partial charge in [0.25, 0.3) is 0 Å². The molecular weight excluding hydrogens is 192 g/mol. The maximum Gasteiger partial charge on any atom is 0.133 e. The minimum absolute atomic E-state index is 0.0526. The third-order valence-corrected chi connectivity index (χ3v) is 2.05. The van der Waals surface area contributed by atoms with Crippen molar-refractivity contribution in [2.24, 2.45) is 0 Å². The van der Waals surface area contributed by atoms with Crippen molar-refractivity contribution < 1.29 is 14.6 Å². The van der Waals surface area contributed by atoms with E-state index in [0.29, 0.717) is 12.2 Å². The maximum absolute atomic E-state index is 10.9. The van der Waals surface area contributed by atoms with Crippen LogP contribution in [0.15, 0.2) is 24.3 Å². The van der Waals surface area contributed by atoms with Gasteiger partial charge in [0.2, 0.25) is 0 Å². The molecule has 1 aromatic carbocycles. The standard InChI is InChI=1S/C12H16O3/c1-9(14)7-10(2)15-12-6-4-3-5-11(12)8-13/h3-6,10,13H,7-8H2,1-2H3. The van der Waals surface area contributed by atoms with E-state index in [4.69, 9.17) is 9.84 Å². The van der Waals surface area contributed by atoms with Gasteiger partial charge in [-0.1, -0.05) is 18.2 Å². The van der Waals surface area contributed by atoms with Crippen molar-refractivity contribution in [3.63, 3.8) is 0 Å². The van der Waals surface area contributed by atoms with E-state index in [2.05, 4.69) is 0 Å². The van der Waals surface area contributed by atoms with Crippen LogP contribution in [0.5, 0.6) is 5.75 Å². The Hall–Kier alpha value is -1.35. The molecule has 0 saturated carbocycles. The average Bonchev–Trinajstić information content (AvgIpc) is 2.17. The van der Waals surface area contributed by atoms with E-state index < -0.39 is 0 Å². The number of aliphatic hydroxyl groups is 1. The quantitative estimate of drug-likeness (QED) is 0.804. The second-order valence-corrected chi connectivity index (χ2v) is 3.60. The lowest BCUT2D eigenvalue weighted by atomic mass is 10.2. The average molecular weight is 208 g/mol. The van der Waals surface area contributed by atoms with Crippen LogP contribution in [0.4, 0.5) is 0 Å². The molecule has 0 bridgehead atoms. The number of ketones is 1. The lowest BCUT2D eigenvalue weighted by molar-refractivity contribution is -0.118. The first-order chi connectivity index (χ1) is 7.13. The van der Waals surface area contributed by atoms with E-state index in [1.165, 1.54) is 6.92 Å². The highest BCUT2D eigenvalue weighted by Crippen LogP contribution is 2.19. The molecule has 3 nitrogen and oxygen atoms in total. The van der Waals surface area contributed by atoms with Gasteiger partial charge < -0.3 is 9.84 Å². The fraction of sp³-hybridized carbons (Fsp3) is 0.417. The van der Waals surface area contributed by atoms with Gasteiger partial charge in [-0.3, -0.25) is 4.79 Å². The van der Waals surface area contributed by atoms with Crippen LogP contribution >= 0.6 is 0 Å². The summed E-state index contributed by atoms with van der Waals surface area (Å²) >= 11 is 0. The van der Waals surface area contributed by atoms with E-state index in [-0.39, 0.29) is 18.5 Å². The topological polar surface area (TPSA) is 46.5 Å². The van der Waals surface area contributed by atoms with E-state index in [1.54, 1.807) is 12.1 Å². The zero-order chi connectivity index (χ0) is 11.3. The number of benzene rings is 1. The van der Waals surface area contributed by atoms with Gasteiger partial charge in [0, 0.05) is 12.0 Å². The highest BCUT2D eigenvalue weighted by molar-refractivity contribution is 5.75. The van der Waals surface area contributed by atoms with Crippen molar-refractivity contribution in [1.29, 1.82) is 0 Å². The lowest BCUT2D eigenvalue weighted by Gasteiger charge is -2.15. The van der Waals surface area contributed by atoms with Crippen LogP contribution in [-0.2, 0) is 11.4 Å². The summed E-state index contributed by atoms with van der Waals surface area (Å²) in [5, 5.41) is 9.07. The number of hydrogen-bond acceptors (Lipinski definition) is 3. The second kappa shape index (κ2) is 5.51. The van der Waals surface area contributed by atoms with Gasteiger partial charge in [0.05, 0.1) is 6.61 Å². The highest BCUT2D eigenvalue weighted by Gasteiger charge is 2.09. The Morgan fingerprint density at radius 1 is 1.47 bits per heavy atom. The summed E-state index contributed by atoms with van der Waals surface area (Å²) in [6.45, 7) is 3.33. The summed E-state index contributed by atoms with van der Waals surface area (Å²) in [7, 11) is 0. The SMILES string of the molecule is CC(=O)CC(C)Oc1ccccc1CO. The van der Waals surface area contributed by atoms with Gasteiger partial charge in [-0.05, 0) is 19.9 Å². The van der Waals surface area contributed by atoms with Crippen LogP contribution in [0.3, 0.4) is 0 Å². The van der Waals surface area contributed by atoms with Crippen molar-refractivity contribution in [3.05, 3.63) is 29.8 Å². The minimum atomic E-state index is -0.157. The predicted octanol–water partition coefficient (Wildman–Crippen LogP) is 1.93. The Labute approximate surface area is 89.7 Å². The number of para-hydroxylation sites is 1. The Balaban J connectivity index is 2.67. The smallest absolute Gasteiger partial charge is 0.133 e. The number of aliphatic hydroxyl groups excluding tert-OH is 1. The Bertz CT molecular complexity index is 333. The lowest BCUT2D eigenvalue weighted by Crippen LogP contribution is -2.16. The maximum atomic E-state index is 10.9. The van der Waals surface area contributed by atoms with Gasteiger partial charge in [0.1, 0.15) is 17.6 Å². The molecule has 0 aromatic heterocycles. The van der Waals surface area contributed by atoms with Crippen molar-refractivity contribution in [3.8, 4) is 5.75 Å². The molecule has 3 heteroatoms. The highest BCUT2D eigenvalue weighted by atomic mass is 16.5. The van der Waals surface area contributed by atoms with Gasteiger partial charge in [-0.25, -0.2) is 0 Å². The zero-order valence-electron chi connectivity index (χ0n) is 9.06. The van der Waals surface area contributed by atoms with Crippen LogP contribution in [0.1, 0.15) is 25.8 Å². The molecule has 0 radical (unpaired) electrons. The molecule has 1 atom stereocenters. The first kappa shape index (κ1) is 11.7. The molecule has 82 valence electrons. The number of rotatable bonds is 5. The zero-order valence-corrected chi connectivity index (χ0v) is 9.06. The monoisotopic (exact) mass is 208 g/mol. The molecule has 0 fully saturated rings. The number of Topliss-reactive ketones (excluding diaryl/α,β-unsaturated/α-hetero) is 1. The first-order valence-electron chi connectivity index (χ1n) is 4.98. The Morgan fingerprint density at radius 2 is 2.13 bits per heavy atom. The number of hydrogen-bond donors (Lipinski definition) is 1. The van der Waals surface area contributed by atoms with Gasteiger partial charge in [-0.2, -0.15) is 0 Å². The van der Waals surface area contributed by atoms with Crippen LogP contribution < -0.4 is 4.74 Å². The van der Waals surface area contributed by atoms with Crippen LogP contribution in [0, 0.1) is 0 Å². The van der Waals surface area contributed by atoms with Crippen molar-refractivity contribution >= 4 is 5.78 Å². The summed E-state index contributed by atoms with van der Waals surface area (Å²) in [5.41, 5.74) is 0.743. The molecule has 0 saturated heterocycles. The van der Waals surface area contributed by atoms with Gasteiger partial charge in [0.15, 0.2) is 0 Å². The second-order valence-electron chi connectivity index (χ2n) is 3.60. The van der Waals surface area contributed by atoms with E-state index in [9.17, 15) is 4.79 Å². The van der Waals surface area contributed by atoms with Crippen molar-refractivity contribution in [2.45, 2.75) is 33.0 Å². The van der Waals surface area contributed by atoms with E-state index >= 15 is 0 Å². The fourth-order valence-corrected chi connectivity index (χ4v) is 1.41. The largest absolute Gasteiger partial charge is 0.490 e. The third kappa shape index (κ3) is 3.72. The molecule has 0 aliphatic carbocycles. The Kier molecular flexibility index (Phi) is 4.31. The summed E-state index contributed by atoms with van der Waals surface area (Å²) in [6, 6.07) is 7.28. The summed E-state index contributed by atoms with van der Waals surface area (Å²) in [4.78, 5) is 10.9. The third-order valence-electron chi connectivity index (χ3n) is 2.05. The molecule has 0 amide bonds. The molecule has 0 spiro atoms. The Morgan fingerprint density at radius 3 is 2.73 bits per heavy atom. The molecule has 1 N–H and O–H groups in total.